The first kappa shape index (κ1) is 10.7. The monoisotopic (exact) mass is 251 g/mol. The smallest absolute Gasteiger partial charge is 0.268 e. The maximum atomic E-state index is 5.67. The maximum absolute atomic E-state index is 5.67. The summed E-state index contributed by atoms with van der Waals surface area (Å²) in [6.45, 7) is 1.52. The fourth-order valence-corrected chi connectivity index (χ4v) is 2.61. The summed E-state index contributed by atoms with van der Waals surface area (Å²) in [6.07, 6.45) is 2.12. The van der Waals surface area contributed by atoms with Crippen molar-refractivity contribution in [2.45, 2.75) is 18.8 Å². The van der Waals surface area contributed by atoms with Crippen LogP contribution in [0.1, 0.15) is 24.6 Å². The number of thiophene rings is 1. The van der Waals surface area contributed by atoms with Crippen LogP contribution in [0.15, 0.2) is 16.7 Å². The van der Waals surface area contributed by atoms with Crippen molar-refractivity contribution in [1.82, 2.24) is 10.1 Å². The molecule has 0 spiro atoms. The lowest BCUT2D eigenvalue weighted by Crippen LogP contribution is -2.16. The first-order valence-electron chi connectivity index (χ1n) is 5.60. The minimum atomic E-state index is 0.263. The number of aromatic nitrogens is 2. The van der Waals surface area contributed by atoms with Crippen LogP contribution in [0.3, 0.4) is 0 Å². The summed E-state index contributed by atoms with van der Waals surface area (Å²) in [5.74, 6) is 1.55. The molecule has 3 rings (SSSR count). The van der Waals surface area contributed by atoms with Gasteiger partial charge in [-0.05, 0) is 25.0 Å². The highest BCUT2D eigenvalue weighted by Crippen LogP contribution is 2.30. The van der Waals surface area contributed by atoms with E-state index < -0.39 is 0 Å². The molecule has 1 fully saturated rings. The molecule has 0 aromatic carbocycles. The lowest BCUT2D eigenvalue weighted by molar-refractivity contribution is 0.0773. The lowest BCUT2D eigenvalue weighted by atomic mass is 10.0. The van der Waals surface area contributed by atoms with Crippen LogP contribution >= 0.6 is 11.3 Å². The van der Waals surface area contributed by atoms with Crippen LogP contribution in [-0.4, -0.2) is 23.4 Å². The Labute approximate surface area is 103 Å². The molecule has 2 aromatic heterocycles. The zero-order valence-corrected chi connectivity index (χ0v) is 10.1. The summed E-state index contributed by atoms with van der Waals surface area (Å²) < 4.78 is 10.7. The Morgan fingerprint density at radius 3 is 3.06 bits per heavy atom. The van der Waals surface area contributed by atoms with Gasteiger partial charge in [-0.1, -0.05) is 5.16 Å². The molecule has 2 N–H and O–H groups in total. The molecular formula is C11H13N3O2S. The fraction of sp³-hybridized carbons (Fsp3) is 0.455. The van der Waals surface area contributed by atoms with Gasteiger partial charge in [0, 0.05) is 12.5 Å². The summed E-state index contributed by atoms with van der Waals surface area (Å²) in [4.78, 5) is 5.33. The van der Waals surface area contributed by atoms with E-state index in [2.05, 4.69) is 10.1 Å². The Morgan fingerprint density at radius 1 is 1.41 bits per heavy atom. The van der Waals surface area contributed by atoms with E-state index >= 15 is 0 Å². The van der Waals surface area contributed by atoms with Crippen LogP contribution in [0, 0.1) is 0 Å². The standard InChI is InChI=1S/C11H13N3O2S/c12-9-4-3-8(17-9)11-13-10(14-16-11)7-2-1-5-15-6-7/h3-4,7H,1-2,5-6,12H2. The molecule has 17 heavy (non-hydrogen) atoms. The molecule has 90 valence electrons. The number of anilines is 1. The molecule has 0 aliphatic carbocycles. The van der Waals surface area contributed by atoms with Gasteiger partial charge >= 0.3 is 0 Å². The van der Waals surface area contributed by atoms with Crippen molar-refractivity contribution in [3.63, 3.8) is 0 Å². The largest absolute Gasteiger partial charge is 0.391 e. The third kappa shape index (κ3) is 2.18. The Bertz CT molecular complexity index is 502. The molecule has 1 aliphatic heterocycles. The highest BCUT2D eigenvalue weighted by Gasteiger charge is 2.22. The number of nitrogen functional groups attached to an aromatic ring is 1. The molecule has 0 saturated carbocycles. The number of hydrogen-bond donors (Lipinski definition) is 1. The molecular weight excluding hydrogens is 238 g/mol. The minimum Gasteiger partial charge on any atom is -0.391 e. The maximum Gasteiger partial charge on any atom is 0.268 e. The van der Waals surface area contributed by atoms with Crippen molar-refractivity contribution >= 4 is 16.3 Å². The molecule has 0 amide bonds. The number of nitrogens with zero attached hydrogens (tertiary/aromatic N) is 2. The first-order valence-corrected chi connectivity index (χ1v) is 6.41. The van der Waals surface area contributed by atoms with Gasteiger partial charge in [-0.25, -0.2) is 0 Å². The van der Waals surface area contributed by atoms with Crippen molar-refractivity contribution in [3.8, 4) is 10.8 Å². The summed E-state index contributed by atoms with van der Waals surface area (Å²) in [7, 11) is 0. The van der Waals surface area contributed by atoms with E-state index in [4.69, 9.17) is 15.0 Å². The second kappa shape index (κ2) is 4.46. The van der Waals surface area contributed by atoms with Gasteiger partial charge in [0.15, 0.2) is 5.82 Å². The predicted molar refractivity (Wildman–Crippen MR) is 64.8 cm³/mol. The van der Waals surface area contributed by atoms with E-state index in [0.717, 1.165) is 35.2 Å². The molecule has 3 heterocycles. The van der Waals surface area contributed by atoms with Gasteiger partial charge in [-0.2, -0.15) is 4.98 Å². The van der Waals surface area contributed by atoms with E-state index in [1.54, 1.807) is 0 Å². The van der Waals surface area contributed by atoms with Gasteiger partial charge in [0.25, 0.3) is 5.89 Å². The molecule has 1 atom stereocenters. The van der Waals surface area contributed by atoms with Gasteiger partial charge in [-0.3, -0.25) is 0 Å². The second-order valence-corrected chi connectivity index (χ2v) is 5.19. The second-order valence-electron chi connectivity index (χ2n) is 4.07. The predicted octanol–water partition coefficient (Wildman–Crippen LogP) is 2.27. The zero-order valence-electron chi connectivity index (χ0n) is 9.26. The Balaban J connectivity index is 1.82. The van der Waals surface area contributed by atoms with E-state index in [1.807, 2.05) is 12.1 Å². The average molecular weight is 251 g/mol. The third-order valence-electron chi connectivity index (χ3n) is 2.80. The SMILES string of the molecule is Nc1ccc(-c2nc(C3CCCOC3)no2)s1. The highest BCUT2D eigenvalue weighted by atomic mass is 32.1. The van der Waals surface area contributed by atoms with E-state index in [-0.39, 0.29) is 5.92 Å². The van der Waals surface area contributed by atoms with Crippen LogP contribution < -0.4 is 5.73 Å². The van der Waals surface area contributed by atoms with Crippen LogP contribution in [0.5, 0.6) is 0 Å². The van der Waals surface area contributed by atoms with Crippen LogP contribution in [0.2, 0.25) is 0 Å². The van der Waals surface area contributed by atoms with Gasteiger partial charge in [0.05, 0.1) is 16.5 Å². The number of hydrogen-bond acceptors (Lipinski definition) is 6. The summed E-state index contributed by atoms with van der Waals surface area (Å²) in [5, 5.41) is 4.78. The number of nitrogens with two attached hydrogens (primary N) is 1. The minimum absolute atomic E-state index is 0.263. The lowest BCUT2D eigenvalue weighted by Gasteiger charge is -2.18. The number of ether oxygens (including phenoxy) is 1. The quantitative estimate of drug-likeness (QED) is 0.886. The molecule has 1 aliphatic rings. The van der Waals surface area contributed by atoms with E-state index in [0.29, 0.717) is 12.5 Å². The molecule has 1 unspecified atom stereocenters. The topological polar surface area (TPSA) is 74.2 Å². The van der Waals surface area contributed by atoms with Crippen molar-refractivity contribution in [3.05, 3.63) is 18.0 Å². The highest BCUT2D eigenvalue weighted by molar-refractivity contribution is 7.19. The third-order valence-corrected chi connectivity index (χ3v) is 3.71. The van der Waals surface area contributed by atoms with Crippen molar-refractivity contribution in [2.75, 3.05) is 18.9 Å². The van der Waals surface area contributed by atoms with Crippen molar-refractivity contribution < 1.29 is 9.26 Å². The van der Waals surface area contributed by atoms with Crippen LogP contribution in [-0.2, 0) is 4.74 Å². The zero-order chi connectivity index (χ0) is 11.7. The Morgan fingerprint density at radius 2 is 2.35 bits per heavy atom. The van der Waals surface area contributed by atoms with Gasteiger partial charge in [-0.15, -0.1) is 11.3 Å². The van der Waals surface area contributed by atoms with Gasteiger partial charge in [0.2, 0.25) is 0 Å². The van der Waals surface area contributed by atoms with E-state index in [9.17, 15) is 0 Å². The summed E-state index contributed by atoms with van der Waals surface area (Å²) >= 11 is 1.45. The van der Waals surface area contributed by atoms with Crippen molar-refractivity contribution in [2.24, 2.45) is 0 Å². The molecule has 6 heteroatoms. The van der Waals surface area contributed by atoms with Crippen molar-refractivity contribution in [1.29, 1.82) is 0 Å². The Kier molecular flexibility index (Phi) is 2.82. The molecule has 1 saturated heterocycles. The van der Waals surface area contributed by atoms with Gasteiger partial charge in [0.1, 0.15) is 0 Å². The summed E-state index contributed by atoms with van der Waals surface area (Å²) in [5.41, 5.74) is 5.67. The fourth-order valence-electron chi connectivity index (χ4n) is 1.91. The Hall–Kier alpha value is -1.40. The molecule has 0 radical (unpaired) electrons. The van der Waals surface area contributed by atoms with Crippen LogP contribution in [0.25, 0.3) is 10.8 Å². The average Bonchev–Trinajstić information content (AvgIpc) is 2.98. The van der Waals surface area contributed by atoms with Gasteiger partial charge < -0.3 is 15.0 Å². The number of rotatable bonds is 2. The summed E-state index contributed by atoms with van der Waals surface area (Å²) in [6, 6.07) is 3.74. The molecule has 5 nitrogen and oxygen atoms in total. The van der Waals surface area contributed by atoms with E-state index in [1.165, 1.54) is 11.3 Å². The normalized spacial score (nSPS) is 20.6. The molecule has 2 aromatic rings. The van der Waals surface area contributed by atoms with Crippen LogP contribution in [0.4, 0.5) is 5.00 Å². The molecule has 0 bridgehead atoms. The first-order chi connectivity index (χ1) is 8.33.